The lowest BCUT2D eigenvalue weighted by molar-refractivity contribution is -0.162. The van der Waals surface area contributed by atoms with Crippen molar-refractivity contribution in [3.63, 3.8) is 0 Å². The Hall–Kier alpha value is -1.68. The third-order valence-corrected chi connectivity index (χ3v) is 5.51. The van der Waals surface area contributed by atoms with Crippen molar-refractivity contribution in [3.8, 4) is 5.75 Å². The summed E-state index contributed by atoms with van der Waals surface area (Å²) in [7, 11) is 0. The minimum Gasteiger partial charge on any atom is -0.507 e. The third-order valence-electron chi connectivity index (χ3n) is 5.51. The average Bonchev–Trinajstić information content (AvgIpc) is 2.71. The molecule has 0 saturated carbocycles. The molecule has 4 heteroatoms. The molecule has 4 nitrogen and oxygen atoms in total. The van der Waals surface area contributed by atoms with Crippen molar-refractivity contribution < 1.29 is 19.4 Å². The quantitative estimate of drug-likeness (QED) is 0.868. The maximum absolute atomic E-state index is 12.8. The van der Waals surface area contributed by atoms with Crippen LogP contribution in [0.1, 0.15) is 56.0 Å². The molecule has 1 aromatic rings. The van der Waals surface area contributed by atoms with Gasteiger partial charge in [0.25, 0.3) is 0 Å². The largest absolute Gasteiger partial charge is 0.507 e. The number of Topliss-reactive ketones (excluding diaryl/α,β-unsaturated/α-hetero) is 2. The van der Waals surface area contributed by atoms with Crippen molar-refractivity contribution >= 4 is 11.6 Å². The van der Waals surface area contributed by atoms with Crippen molar-refractivity contribution in [1.29, 1.82) is 0 Å². The minimum absolute atomic E-state index is 0.0216. The van der Waals surface area contributed by atoms with E-state index in [0.29, 0.717) is 18.4 Å². The number of benzene rings is 1. The molecule has 3 rings (SSSR count). The second-order valence-corrected chi connectivity index (χ2v) is 7.94. The van der Waals surface area contributed by atoms with E-state index in [2.05, 4.69) is 0 Å². The molecule has 2 bridgehead atoms. The zero-order valence-corrected chi connectivity index (χ0v) is 14.2. The van der Waals surface area contributed by atoms with Gasteiger partial charge in [-0.05, 0) is 43.2 Å². The van der Waals surface area contributed by atoms with Crippen LogP contribution < -0.4 is 0 Å². The smallest absolute Gasteiger partial charge is 0.167 e. The van der Waals surface area contributed by atoms with Gasteiger partial charge in [-0.15, -0.1) is 0 Å². The van der Waals surface area contributed by atoms with E-state index in [1.165, 1.54) is 0 Å². The Morgan fingerprint density at radius 2 is 2.04 bits per heavy atom. The monoisotopic (exact) mass is 316 g/mol. The van der Waals surface area contributed by atoms with Gasteiger partial charge in [-0.25, -0.2) is 0 Å². The minimum atomic E-state index is -0.564. The highest BCUT2D eigenvalue weighted by molar-refractivity contribution is 6.00. The van der Waals surface area contributed by atoms with E-state index in [1.54, 1.807) is 12.1 Å². The number of rotatable bonds is 3. The predicted octanol–water partition coefficient (Wildman–Crippen LogP) is 3.44. The molecule has 0 radical (unpaired) electrons. The second kappa shape index (κ2) is 5.17. The molecule has 2 aliphatic rings. The molecule has 23 heavy (non-hydrogen) atoms. The number of aryl methyl sites for hydroxylation is 1. The highest BCUT2D eigenvalue weighted by Gasteiger charge is 2.58. The first-order valence-electron chi connectivity index (χ1n) is 8.16. The van der Waals surface area contributed by atoms with Crippen molar-refractivity contribution in [3.05, 3.63) is 29.3 Å². The Labute approximate surface area is 136 Å². The zero-order chi connectivity index (χ0) is 17.0. The predicted molar refractivity (Wildman–Crippen MR) is 86.6 cm³/mol. The molecule has 3 atom stereocenters. The van der Waals surface area contributed by atoms with Crippen LogP contribution in [-0.2, 0) is 9.53 Å². The summed E-state index contributed by atoms with van der Waals surface area (Å²) in [5.74, 6) is 0.0680. The number of ketones is 2. The molecule has 1 N–H and O–H groups in total. The molecular weight excluding hydrogens is 292 g/mol. The number of aromatic hydroxyl groups is 1. The SMILES string of the molecule is Cc1cccc(O)c1C(=O)C[C@H]1CC(C)(C)[C@H]2O[C@]1(C)CC2=O. The summed E-state index contributed by atoms with van der Waals surface area (Å²) in [6.07, 6.45) is 1.08. The van der Waals surface area contributed by atoms with Crippen LogP contribution in [0.2, 0.25) is 0 Å². The van der Waals surface area contributed by atoms with E-state index in [0.717, 1.165) is 12.0 Å². The van der Waals surface area contributed by atoms with Crippen molar-refractivity contribution in [2.45, 2.75) is 58.7 Å². The Kier molecular flexibility index (Phi) is 3.64. The van der Waals surface area contributed by atoms with Crippen LogP contribution in [0, 0.1) is 18.3 Å². The number of hydrogen-bond acceptors (Lipinski definition) is 4. The van der Waals surface area contributed by atoms with Crippen LogP contribution in [0.3, 0.4) is 0 Å². The first-order valence-corrected chi connectivity index (χ1v) is 8.16. The highest BCUT2D eigenvalue weighted by Crippen LogP contribution is 2.52. The van der Waals surface area contributed by atoms with Crippen LogP contribution in [0.5, 0.6) is 5.75 Å². The van der Waals surface area contributed by atoms with Crippen molar-refractivity contribution in [1.82, 2.24) is 0 Å². The Morgan fingerprint density at radius 3 is 2.70 bits per heavy atom. The summed E-state index contributed by atoms with van der Waals surface area (Å²) < 4.78 is 6.06. The van der Waals surface area contributed by atoms with Gasteiger partial charge in [0.1, 0.15) is 11.9 Å². The number of hydrogen-bond donors (Lipinski definition) is 1. The molecular formula is C19H24O4. The topological polar surface area (TPSA) is 63.6 Å². The van der Waals surface area contributed by atoms with Gasteiger partial charge in [0.2, 0.25) is 0 Å². The summed E-state index contributed by atoms with van der Waals surface area (Å²) in [5, 5.41) is 10.0. The summed E-state index contributed by atoms with van der Waals surface area (Å²) >= 11 is 0. The lowest BCUT2D eigenvalue weighted by Crippen LogP contribution is -2.48. The van der Waals surface area contributed by atoms with Crippen LogP contribution in [0.15, 0.2) is 18.2 Å². The number of phenolic OH excluding ortho intramolecular Hbond substituents is 1. The fourth-order valence-corrected chi connectivity index (χ4v) is 4.24. The van der Waals surface area contributed by atoms with Crippen molar-refractivity contribution in [2.75, 3.05) is 0 Å². The number of carbonyl (C=O) groups excluding carboxylic acids is 2. The number of phenols is 1. The Balaban J connectivity index is 1.88. The lowest BCUT2D eigenvalue weighted by Gasteiger charge is -2.45. The van der Waals surface area contributed by atoms with E-state index in [-0.39, 0.29) is 34.8 Å². The van der Waals surface area contributed by atoms with Gasteiger partial charge < -0.3 is 9.84 Å². The fraction of sp³-hybridized carbons (Fsp3) is 0.579. The average molecular weight is 316 g/mol. The zero-order valence-electron chi connectivity index (χ0n) is 14.2. The van der Waals surface area contributed by atoms with E-state index in [1.807, 2.05) is 33.8 Å². The van der Waals surface area contributed by atoms with E-state index in [9.17, 15) is 14.7 Å². The molecule has 0 spiro atoms. The summed E-state index contributed by atoms with van der Waals surface area (Å²) in [6.45, 7) is 7.83. The van der Waals surface area contributed by atoms with Gasteiger partial charge in [0, 0.05) is 12.8 Å². The Bertz CT molecular complexity index is 656. The first kappa shape index (κ1) is 16.2. The molecule has 0 aliphatic carbocycles. The number of ether oxygens (including phenoxy) is 1. The van der Waals surface area contributed by atoms with Gasteiger partial charge >= 0.3 is 0 Å². The normalized spacial score (nSPS) is 32.1. The fourth-order valence-electron chi connectivity index (χ4n) is 4.24. The van der Waals surface area contributed by atoms with Crippen LogP contribution in [-0.4, -0.2) is 28.4 Å². The molecule has 2 aliphatic heterocycles. The van der Waals surface area contributed by atoms with Gasteiger partial charge in [0.15, 0.2) is 11.6 Å². The molecule has 0 amide bonds. The summed E-state index contributed by atoms with van der Waals surface area (Å²) in [6, 6.07) is 5.10. The maximum atomic E-state index is 12.8. The number of fused-ring (bicyclic) bond motifs is 2. The molecule has 0 unspecified atom stereocenters. The summed E-state index contributed by atoms with van der Waals surface area (Å²) in [4.78, 5) is 25.0. The van der Waals surface area contributed by atoms with E-state index >= 15 is 0 Å². The van der Waals surface area contributed by atoms with Crippen LogP contribution in [0.25, 0.3) is 0 Å². The molecule has 2 fully saturated rings. The standard InChI is InChI=1S/C19H24O4/c1-11-6-5-7-13(20)16(11)14(21)8-12-9-18(2,3)17-15(22)10-19(12,4)23-17/h5-7,12,17,20H,8-10H2,1-4H3/t12-,17-,19+/m0/s1. The lowest BCUT2D eigenvalue weighted by atomic mass is 9.71. The number of carbonyl (C=O) groups is 2. The molecule has 1 aromatic carbocycles. The maximum Gasteiger partial charge on any atom is 0.167 e. The van der Waals surface area contributed by atoms with Gasteiger partial charge in [-0.1, -0.05) is 26.0 Å². The Morgan fingerprint density at radius 1 is 1.35 bits per heavy atom. The molecule has 2 saturated heterocycles. The van der Waals surface area contributed by atoms with Crippen LogP contribution >= 0.6 is 0 Å². The van der Waals surface area contributed by atoms with Crippen LogP contribution in [0.4, 0.5) is 0 Å². The van der Waals surface area contributed by atoms with Gasteiger partial charge in [-0.2, -0.15) is 0 Å². The third kappa shape index (κ3) is 2.59. The summed E-state index contributed by atoms with van der Waals surface area (Å²) in [5.41, 5.74) is 0.341. The molecule has 2 heterocycles. The van der Waals surface area contributed by atoms with Gasteiger partial charge in [0.05, 0.1) is 11.2 Å². The van der Waals surface area contributed by atoms with E-state index < -0.39 is 5.60 Å². The van der Waals surface area contributed by atoms with E-state index in [4.69, 9.17) is 4.74 Å². The highest BCUT2D eigenvalue weighted by atomic mass is 16.5. The molecule has 0 aromatic heterocycles. The first-order chi connectivity index (χ1) is 10.6. The van der Waals surface area contributed by atoms with Gasteiger partial charge in [-0.3, -0.25) is 9.59 Å². The molecule has 124 valence electrons. The second-order valence-electron chi connectivity index (χ2n) is 7.94. The van der Waals surface area contributed by atoms with Crippen molar-refractivity contribution in [2.24, 2.45) is 11.3 Å².